The number of nitrogens with zero attached hydrogens (tertiary/aromatic N) is 3. The van der Waals surface area contributed by atoms with Crippen LogP contribution in [0.3, 0.4) is 0 Å². The van der Waals surface area contributed by atoms with Gasteiger partial charge in [-0.2, -0.15) is 0 Å². The van der Waals surface area contributed by atoms with E-state index in [1.165, 1.54) is 43.1 Å². The number of benzene rings is 7. The lowest BCUT2D eigenvalue weighted by Gasteiger charge is -2.12. The minimum absolute atomic E-state index is 0.666. The number of aromatic nitrogens is 3. The highest BCUT2D eigenvalue weighted by Gasteiger charge is 2.14. The van der Waals surface area contributed by atoms with Crippen molar-refractivity contribution in [3.05, 3.63) is 152 Å². The van der Waals surface area contributed by atoms with Crippen LogP contribution in [0.4, 0.5) is 0 Å². The molecule has 0 spiro atoms. The van der Waals surface area contributed by atoms with E-state index in [1.54, 1.807) is 0 Å². The Balaban J connectivity index is 1.27. The Labute approximate surface area is 254 Å². The van der Waals surface area contributed by atoms with Crippen LogP contribution < -0.4 is 0 Å². The minimum Gasteiger partial charge on any atom is -0.255 e. The lowest BCUT2D eigenvalue weighted by Crippen LogP contribution is -1.97. The van der Waals surface area contributed by atoms with E-state index < -0.39 is 0 Å². The van der Waals surface area contributed by atoms with Crippen molar-refractivity contribution in [1.29, 1.82) is 0 Å². The van der Waals surface area contributed by atoms with Gasteiger partial charge in [0.05, 0.1) is 16.9 Å². The first kappa shape index (κ1) is 24.6. The smallest absolute Gasteiger partial charge is 0.162 e. The number of rotatable bonds is 3. The second-order valence-corrected chi connectivity index (χ2v) is 11.4. The molecule has 0 saturated carbocycles. The maximum absolute atomic E-state index is 5.17. The van der Waals surface area contributed by atoms with Gasteiger partial charge in [-0.05, 0) is 97.7 Å². The van der Waals surface area contributed by atoms with E-state index in [0.717, 1.165) is 39.0 Å². The zero-order valence-electron chi connectivity index (χ0n) is 23.8. The fourth-order valence-electron chi connectivity index (χ4n) is 6.35. The summed E-state index contributed by atoms with van der Waals surface area (Å²) in [5.41, 5.74) is 5.69. The largest absolute Gasteiger partial charge is 0.255 e. The van der Waals surface area contributed by atoms with Gasteiger partial charge < -0.3 is 0 Å². The first-order valence-corrected chi connectivity index (χ1v) is 14.8. The van der Waals surface area contributed by atoms with Crippen molar-refractivity contribution in [3.8, 4) is 33.9 Å². The first-order chi connectivity index (χ1) is 21.7. The Hall–Kier alpha value is -5.93. The molecule has 0 atom stereocenters. The number of hydrogen-bond acceptors (Lipinski definition) is 3. The molecule has 2 aromatic heterocycles. The standard InChI is InChI=1S/C41H25N3/c1-3-9-29-21-35-23-33(16-14-31(35)19-27(29)7-1)38-25-39(44-41(43-38)37-13-5-11-26-12-6-18-42-40(26)37)34-17-15-32-20-28-8-2-4-10-30(28)22-36(32)24-34/h1-25H. The first-order valence-electron chi connectivity index (χ1n) is 14.8. The molecular formula is C41H25N3. The van der Waals surface area contributed by atoms with E-state index in [-0.39, 0.29) is 0 Å². The predicted octanol–water partition coefficient (Wildman–Crippen LogP) is 10.6. The second-order valence-electron chi connectivity index (χ2n) is 11.4. The van der Waals surface area contributed by atoms with Crippen LogP contribution >= 0.6 is 0 Å². The van der Waals surface area contributed by atoms with E-state index in [2.05, 4.69) is 140 Å². The van der Waals surface area contributed by atoms with Gasteiger partial charge in [-0.15, -0.1) is 0 Å². The van der Waals surface area contributed by atoms with Gasteiger partial charge >= 0.3 is 0 Å². The maximum Gasteiger partial charge on any atom is 0.162 e. The summed E-state index contributed by atoms with van der Waals surface area (Å²) in [5.74, 6) is 0.666. The molecule has 0 amide bonds. The van der Waals surface area contributed by atoms with Crippen LogP contribution in [-0.2, 0) is 0 Å². The molecule has 0 fully saturated rings. The molecular weight excluding hydrogens is 534 g/mol. The SMILES string of the molecule is c1ccc2cc3cc(-c4cc(-c5ccc6cc7ccccc7cc6c5)nc(-c5cccc6cccnc56)n4)ccc3cc2c1. The van der Waals surface area contributed by atoms with Gasteiger partial charge in [0, 0.05) is 28.3 Å². The molecule has 9 aromatic rings. The van der Waals surface area contributed by atoms with Crippen molar-refractivity contribution in [2.75, 3.05) is 0 Å². The van der Waals surface area contributed by atoms with Crippen molar-refractivity contribution in [1.82, 2.24) is 15.0 Å². The molecule has 0 radical (unpaired) electrons. The molecule has 9 rings (SSSR count). The molecule has 2 heterocycles. The van der Waals surface area contributed by atoms with E-state index in [9.17, 15) is 0 Å². The minimum atomic E-state index is 0.666. The maximum atomic E-state index is 5.17. The Morgan fingerprint density at radius 2 is 0.818 bits per heavy atom. The zero-order valence-corrected chi connectivity index (χ0v) is 23.8. The molecule has 44 heavy (non-hydrogen) atoms. The van der Waals surface area contributed by atoms with E-state index in [4.69, 9.17) is 15.0 Å². The van der Waals surface area contributed by atoms with Crippen molar-refractivity contribution in [2.45, 2.75) is 0 Å². The number of pyridine rings is 1. The van der Waals surface area contributed by atoms with E-state index in [1.807, 2.05) is 12.3 Å². The van der Waals surface area contributed by atoms with Gasteiger partial charge in [0.1, 0.15) is 0 Å². The van der Waals surface area contributed by atoms with Crippen LogP contribution in [0.5, 0.6) is 0 Å². The van der Waals surface area contributed by atoms with Gasteiger partial charge in [0.25, 0.3) is 0 Å². The van der Waals surface area contributed by atoms with Crippen LogP contribution in [0.2, 0.25) is 0 Å². The quantitative estimate of drug-likeness (QED) is 0.202. The topological polar surface area (TPSA) is 38.7 Å². The fraction of sp³-hybridized carbons (Fsp3) is 0. The average Bonchev–Trinajstić information content (AvgIpc) is 3.09. The van der Waals surface area contributed by atoms with E-state index in [0.29, 0.717) is 5.82 Å². The monoisotopic (exact) mass is 559 g/mol. The fourth-order valence-corrected chi connectivity index (χ4v) is 6.35. The normalized spacial score (nSPS) is 11.6. The third kappa shape index (κ3) is 4.18. The summed E-state index contributed by atoms with van der Waals surface area (Å²) in [5, 5.41) is 10.8. The molecule has 7 aromatic carbocycles. The van der Waals surface area contributed by atoms with Gasteiger partial charge in [-0.1, -0.05) is 91.0 Å². The lowest BCUT2D eigenvalue weighted by molar-refractivity contribution is 1.18. The molecule has 0 aliphatic heterocycles. The molecule has 3 nitrogen and oxygen atoms in total. The molecule has 3 heteroatoms. The molecule has 0 bridgehead atoms. The molecule has 0 N–H and O–H groups in total. The van der Waals surface area contributed by atoms with Crippen molar-refractivity contribution >= 4 is 54.0 Å². The lowest BCUT2D eigenvalue weighted by atomic mass is 9.98. The van der Waals surface area contributed by atoms with Gasteiger partial charge in [-0.3, -0.25) is 4.98 Å². The second kappa shape index (κ2) is 9.82. The Kier molecular flexibility index (Phi) is 5.50. The van der Waals surface area contributed by atoms with Crippen molar-refractivity contribution < 1.29 is 0 Å². The summed E-state index contributed by atoms with van der Waals surface area (Å²) >= 11 is 0. The molecule has 0 saturated heterocycles. The summed E-state index contributed by atoms with van der Waals surface area (Å²) in [7, 11) is 0. The highest BCUT2D eigenvalue weighted by Crippen LogP contribution is 2.34. The predicted molar refractivity (Wildman–Crippen MR) is 184 cm³/mol. The van der Waals surface area contributed by atoms with Gasteiger partial charge in [-0.25, -0.2) is 9.97 Å². The molecule has 0 unspecified atom stereocenters. The highest BCUT2D eigenvalue weighted by molar-refractivity contribution is 6.01. The summed E-state index contributed by atoms with van der Waals surface area (Å²) in [6, 6.07) is 51.6. The summed E-state index contributed by atoms with van der Waals surface area (Å²) in [6.45, 7) is 0. The molecule has 0 aliphatic rings. The number of para-hydroxylation sites is 1. The van der Waals surface area contributed by atoms with Crippen LogP contribution in [-0.4, -0.2) is 15.0 Å². The number of fused-ring (bicyclic) bond motifs is 5. The summed E-state index contributed by atoms with van der Waals surface area (Å²) in [6.07, 6.45) is 1.83. The van der Waals surface area contributed by atoms with E-state index >= 15 is 0 Å². The number of hydrogen-bond donors (Lipinski definition) is 0. The Morgan fingerprint density at radius 1 is 0.341 bits per heavy atom. The molecule has 204 valence electrons. The van der Waals surface area contributed by atoms with Gasteiger partial charge in [0.15, 0.2) is 5.82 Å². The third-order valence-electron chi connectivity index (χ3n) is 8.60. The van der Waals surface area contributed by atoms with Crippen molar-refractivity contribution in [2.24, 2.45) is 0 Å². The Morgan fingerprint density at radius 3 is 1.39 bits per heavy atom. The zero-order chi connectivity index (χ0) is 29.0. The summed E-state index contributed by atoms with van der Waals surface area (Å²) in [4.78, 5) is 15.1. The van der Waals surface area contributed by atoms with Gasteiger partial charge in [0.2, 0.25) is 0 Å². The van der Waals surface area contributed by atoms with Crippen LogP contribution in [0.1, 0.15) is 0 Å². The van der Waals surface area contributed by atoms with Crippen LogP contribution in [0, 0.1) is 0 Å². The van der Waals surface area contributed by atoms with Crippen LogP contribution in [0.25, 0.3) is 87.9 Å². The Bertz CT molecular complexity index is 2420. The van der Waals surface area contributed by atoms with Crippen molar-refractivity contribution in [3.63, 3.8) is 0 Å². The third-order valence-corrected chi connectivity index (χ3v) is 8.60. The molecule has 0 aliphatic carbocycles. The van der Waals surface area contributed by atoms with Crippen LogP contribution in [0.15, 0.2) is 152 Å². The average molecular weight is 560 g/mol. The highest BCUT2D eigenvalue weighted by atomic mass is 14.9. The summed E-state index contributed by atoms with van der Waals surface area (Å²) < 4.78 is 0.